The van der Waals surface area contributed by atoms with Crippen LogP contribution in [0.1, 0.15) is 23.2 Å². The number of benzene rings is 1. The summed E-state index contributed by atoms with van der Waals surface area (Å²) in [5.74, 6) is 0.272. The molecule has 0 radical (unpaired) electrons. The highest BCUT2D eigenvalue weighted by Gasteiger charge is 2.29. The van der Waals surface area contributed by atoms with E-state index in [1.165, 1.54) is 0 Å². The zero-order chi connectivity index (χ0) is 13.9. The Bertz CT molecular complexity index is 520. The highest BCUT2D eigenvalue weighted by Crippen LogP contribution is 2.30. The summed E-state index contributed by atoms with van der Waals surface area (Å²) in [5.41, 5.74) is 1.35. The fraction of sp³-hybridized carbons (Fsp3) is 0.467. The topological polar surface area (TPSA) is 61.4 Å². The monoisotopic (exact) mass is 273 g/mol. The maximum atomic E-state index is 12.4. The molecule has 1 aromatic carbocycles. The lowest BCUT2D eigenvalue weighted by Gasteiger charge is -2.27. The molecule has 0 spiro atoms. The molecule has 5 heteroatoms. The molecule has 2 fully saturated rings. The Hall–Kier alpha value is -1.88. The number of hydrogen-bond acceptors (Lipinski definition) is 3. The first-order valence-corrected chi connectivity index (χ1v) is 7.15. The second-order valence-electron chi connectivity index (χ2n) is 5.39. The summed E-state index contributed by atoms with van der Waals surface area (Å²) < 4.78 is 0. The first-order chi connectivity index (χ1) is 9.74. The molecule has 20 heavy (non-hydrogen) atoms. The number of anilines is 1. The number of amides is 2. The number of carbonyl (C=O) groups excluding carboxylic acids is 2. The van der Waals surface area contributed by atoms with Crippen LogP contribution in [0.4, 0.5) is 5.69 Å². The maximum absolute atomic E-state index is 12.4. The summed E-state index contributed by atoms with van der Waals surface area (Å²) >= 11 is 0. The lowest BCUT2D eigenvalue weighted by Crippen LogP contribution is -2.46. The van der Waals surface area contributed by atoms with Crippen molar-refractivity contribution in [3.8, 4) is 0 Å². The van der Waals surface area contributed by atoms with E-state index in [2.05, 4.69) is 10.6 Å². The summed E-state index contributed by atoms with van der Waals surface area (Å²) in [7, 11) is 0. The number of nitrogens with zero attached hydrogens (tertiary/aromatic N) is 1. The average Bonchev–Trinajstić information content (AvgIpc) is 3.32. The van der Waals surface area contributed by atoms with Gasteiger partial charge in [0.15, 0.2) is 0 Å². The standard InChI is InChI=1S/C15H19N3O2/c19-14(11-4-5-11)17-13-3-1-2-12(10-13)15(20)18-8-6-16-7-9-18/h1-3,10-11,16H,4-9H2,(H,17,19). The van der Waals surface area contributed by atoms with E-state index in [0.29, 0.717) is 11.3 Å². The van der Waals surface area contributed by atoms with Crippen LogP contribution >= 0.6 is 0 Å². The van der Waals surface area contributed by atoms with E-state index in [9.17, 15) is 9.59 Å². The zero-order valence-corrected chi connectivity index (χ0v) is 11.4. The van der Waals surface area contributed by atoms with Crippen LogP contribution in [-0.2, 0) is 4.79 Å². The third-order valence-corrected chi connectivity index (χ3v) is 3.73. The fourth-order valence-corrected chi connectivity index (χ4v) is 2.37. The van der Waals surface area contributed by atoms with Gasteiger partial charge in [-0.15, -0.1) is 0 Å². The Kier molecular flexibility index (Phi) is 3.69. The van der Waals surface area contributed by atoms with Crippen molar-refractivity contribution < 1.29 is 9.59 Å². The predicted molar refractivity (Wildman–Crippen MR) is 76.6 cm³/mol. The summed E-state index contributed by atoms with van der Waals surface area (Å²) in [5, 5.41) is 6.11. The molecule has 2 aliphatic rings. The van der Waals surface area contributed by atoms with Crippen molar-refractivity contribution in [1.29, 1.82) is 0 Å². The van der Waals surface area contributed by atoms with Gasteiger partial charge in [0, 0.05) is 43.3 Å². The third-order valence-electron chi connectivity index (χ3n) is 3.73. The van der Waals surface area contributed by atoms with Crippen LogP contribution in [0, 0.1) is 5.92 Å². The lowest BCUT2D eigenvalue weighted by molar-refractivity contribution is -0.117. The van der Waals surface area contributed by atoms with Gasteiger partial charge < -0.3 is 15.5 Å². The van der Waals surface area contributed by atoms with Gasteiger partial charge in [0.25, 0.3) is 5.91 Å². The molecule has 1 saturated heterocycles. The van der Waals surface area contributed by atoms with Gasteiger partial charge in [0.1, 0.15) is 0 Å². The van der Waals surface area contributed by atoms with E-state index in [1.54, 1.807) is 12.1 Å². The molecular weight excluding hydrogens is 254 g/mol. The zero-order valence-electron chi connectivity index (χ0n) is 11.4. The molecule has 3 rings (SSSR count). The van der Waals surface area contributed by atoms with Gasteiger partial charge in [0.2, 0.25) is 5.91 Å². The van der Waals surface area contributed by atoms with Gasteiger partial charge in [-0.2, -0.15) is 0 Å². The number of hydrogen-bond donors (Lipinski definition) is 2. The van der Waals surface area contributed by atoms with Crippen molar-refractivity contribution in [3.63, 3.8) is 0 Å². The van der Waals surface area contributed by atoms with E-state index in [-0.39, 0.29) is 17.7 Å². The molecular formula is C15H19N3O2. The van der Waals surface area contributed by atoms with E-state index in [1.807, 2.05) is 17.0 Å². The molecule has 1 aliphatic heterocycles. The molecule has 0 unspecified atom stereocenters. The van der Waals surface area contributed by atoms with Gasteiger partial charge in [-0.3, -0.25) is 9.59 Å². The minimum absolute atomic E-state index is 0.0361. The fourth-order valence-electron chi connectivity index (χ4n) is 2.37. The van der Waals surface area contributed by atoms with Crippen LogP contribution < -0.4 is 10.6 Å². The molecule has 1 aliphatic carbocycles. The van der Waals surface area contributed by atoms with E-state index in [0.717, 1.165) is 39.0 Å². The van der Waals surface area contributed by atoms with Crippen molar-refractivity contribution in [2.24, 2.45) is 5.92 Å². The summed E-state index contributed by atoms with van der Waals surface area (Å²) in [6.45, 7) is 3.14. The molecule has 1 heterocycles. The highest BCUT2D eigenvalue weighted by atomic mass is 16.2. The Morgan fingerprint density at radius 1 is 1.20 bits per heavy atom. The quantitative estimate of drug-likeness (QED) is 0.866. The smallest absolute Gasteiger partial charge is 0.254 e. The molecule has 0 atom stereocenters. The normalized spacial score (nSPS) is 18.7. The third kappa shape index (κ3) is 2.99. The Morgan fingerprint density at radius 2 is 1.95 bits per heavy atom. The lowest BCUT2D eigenvalue weighted by atomic mass is 10.1. The molecule has 0 bridgehead atoms. The van der Waals surface area contributed by atoms with Crippen LogP contribution in [0.2, 0.25) is 0 Å². The van der Waals surface area contributed by atoms with Crippen molar-refractivity contribution in [2.45, 2.75) is 12.8 Å². The highest BCUT2D eigenvalue weighted by molar-refractivity contribution is 5.98. The van der Waals surface area contributed by atoms with Gasteiger partial charge in [-0.1, -0.05) is 6.07 Å². The second kappa shape index (κ2) is 5.63. The molecule has 2 N–H and O–H groups in total. The van der Waals surface area contributed by atoms with Crippen molar-refractivity contribution >= 4 is 17.5 Å². The minimum Gasteiger partial charge on any atom is -0.336 e. The van der Waals surface area contributed by atoms with Gasteiger partial charge in [-0.25, -0.2) is 0 Å². The SMILES string of the molecule is O=C(Nc1cccc(C(=O)N2CCNCC2)c1)C1CC1. The number of nitrogens with one attached hydrogen (secondary N) is 2. The van der Waals surface area contributed by atoms with Gasteiger partial charge in [-0.05, 0) is 31.0 Å². The largest absolute Gasteiger partial charge is 0.336 e. The summed E-state index contributed by atoms with van der Waals surface area (Å²) in [4.78, 5) is 26.0. The van der Waals surface area contributed by atoms with Crippen LogP contribution in [0.15, 0.2) is 24.3 Å². The Balaban J connectivity index is 1.69. The van der Waals surface area contributed by atoms with Crippen molar-refractivity contribution in [3.05, 3.63) is 29.8 Å². The van der Waals surface area contributed by atoms with Crippen LogP contribution in [-0.4, -0.2) is 42.9 Å². The van der Waals surface area contributed by atoms with Crippen LogP contribution in [0.3, 0.4) is 0 Å². The first kappa shape index (κ1) is 13.1. The van der Waals surface area contributed by atoms with E-state index < -0.39 is 0 Å². The minimum atomic E-state index is 0.0361. The molecule has 0 aromatic heterocycles. The Labute approximate surface area is 118 Å². The molecule has 1 saturated carbocycles. The number of rotatable bonds is 3. The van der Waals surface area contributed by atoms with Crippen LogP contribution in [0.25, 0.3) is 0 Å². The summed E-state index contributed by atoms with van der Waals surface area (Å²) in [6, 6.07) is 7.22. The van der Waals surface area contributed by atoms with E-state index >= 15 is 0 Å². The maximum Gasteiger partial charge on any atom is 0.254 e. The molecule has 1 aromatic rings. The van der Waals surface area contributed by atoms with Gasteiger partial charge in [0.05, 0.1) is 0 Å². The number of carbonyl (C=O) groups is 2. The summed E-state index contributed by atoms with van der Waals surface area (Å²) in [6.07, 6.45) is 1.95. The molecule has 2 amide bonds. The molecule has 106 valence electrons. The average molecular weight is 273 g/mol. The molecule has 5 nitrogen and oxygen atoms in total. The van der Waals surface area contributed by atoms with Crippen molar-refractivity contribution in [2.75, 3.05) is 31.5 Å². The van der Waals surface area contributed by atoms with Gasteiger partial charge >= 0.3 is 0 Å². The first-order valence-electron chi connectivity index (χ1n) is 7.15. The van der Waals surface area contributed by atoms with E-state index in [4.69, 9.17) is 0 Å². The van der Waals surface area contributed by atoms with Crippen LogP contribution in [0.5, 0.6) is 0 Å². The van der Waals surface area contributed by atoms with Crippen molar-refractivity contribution in [1.82, 2.24) is 10.2 Å². The second-order valence-corrected chi connectivity index (χ2v) is 5.39. The predicted octanol–water partition coefficient (Wildman–Crippen LogP) is 1.08. The number of piperazine rings is 1. The Morgan fingerprint density at radius 3 is 2.65 bits per heavy atom.